The number of rotatable bonds is 4. The van der Waals surface area contributed by atoms with Crippen molar-refractivity contribution in [2.45, 2.75) is 65.7 Å². The van der Waals surface area contributed by atoms with Gasteiger partial charge in [-0.3, -0.25) is 4.98 Å². The van der Waals surface area contributed by atoms with Gasteiger partial charge in [-0.25, -0.2) is 4.98 Å². The molecular formula is C32H32N2O. The Labute approximate surface area is 207 Å². The van der Waals surface area contributed by atoms with Crippen molar-refractivity contribution in [3.05, 3.63) is 82.7 Å². The normalized spacial score (nSPS) is 14.1. The van der Waals surface area contributed by atoms with Gasteiger partial charge in [0, 0.05) is 33.5 Å². The summed E-state index contributed by atoms with van der Waals surface area (Å²) >= 11 is 0. The molecule has 0 unspecified atom stereocenters. The maximum Gasteiger partial charge on any atom is 0.227 e. The van der Waals surface area contributed by atoms with E-state index in [4.69, 9.17) is 14.4 Å². The minimum absolute atomic E-state index is 0.0663. The highest BCUT2D eigenvalue weighted by Crippen LogP contribution is 2.53. The van der Waals surface area contributed by atoms with E-state index in [-0.39, 0.29) is 5.41 Å². The molecule has 0 amide bonds. The maximum absolute atomic E-state index is 6.59. The van der Waals surface area contributed by atoms with E-state index in [1.807, 2.05) is 6.20 Å². The Balaban J connectivity index is 1.64. The predicted molar refractivity (Wildman–Crippen MR) is 145 cm³/mol. The van der Waals surface area contributed by atoms with Crippen LogP contribution in [0, 0.1) is 13.8 Å². The van der Waals surface area contributed by atoms with Crippen LogP contribution in [0.25, 0.3) is 44.5 Å². The molecule has 0 fully saturated rings. The zero-order valence-corrected chi connectivity index (χ0v) is 21.5. The van der Waals surface area contributed by atoms with Crippen molar-refractivity contribution in [3.8, 4) is 22.4 Å². The molecule has 176 valence electrons. The highest BCUT2D eigenvalue weighted by atomic mass is 16.3. The molecule has 0 bridgehead atoms. The monoisotopic (exact) mass is 460 g/mol. The van der Waals surface area contributed by atoms with Crippen LogP contribution in [0.2, 0.25) is 0 Å². The van der Waals surface area contributed by atoms with E-state index >= 15 is 0 Å². The number of furan rings is 1. The average Bonchev–Trinajstić information content (AvgIpc) is 3.35. The van der Waals surface area contributed by atoms with Gasteiger partial charge in [-0.15, -0.1) is 0 Å². The minimum Gasteiger partial charge on any atom is -0.437 e. The lowest BCUT2D eigenvalue weighted by Gasteiger charge is -2.28. The Bertz CT molecular complexity index is 1620. The first-order valence-corrected chi connectivity index (χ1v) is 12.8. The van der Waals surface area contributed by atoms with Gasteiger partial charge in [-0.2, -0.15) is 0 Å². The number of fused-ring (bicyclic) bond motifs is 6. The van der Waals surface area contributed by atoms with E-state index in [0.717, 1.165) is 57.4 Å². The Morgan fingerprint density at radius 3 is 2.37 bits per heavy atom. The van der Waals surface area contributed by atoms with Crippen molar-refractivity contribution in [2.24, 2.45) is 0 Å². The molecule has 1 aliphatic rings. The van der Waals surface area contributed by atoms with Gasteiger partial charge in [0.05, 0.1) is 11.4 Å². The quantitative estimate of drug-likeness (QED) is 0.269. The molecule has 0 aliphatic heterocycles. The van der Waals surface area contributed by atoms with Gasteiger partial charge in [-0.1, -0.05) is 64.1 Å². The van der Waals surface area contributed by atoms with Gasteiger partial charge in [0.1, 0.15) is 5.58 Å². The Hall–Kier alpha value is -3.46. The molecule has 0 N–H and O–H groups in total. The van der Waals surface area contributed by atoms with Crippen molar-refractivity contribution in [1.82, 2.24) is 9.97 Å². The number of hydrogen-bond donors (Lipinski definition) is 0. The van der Waals surface area contributed by atoms with Crippen LogP contribution in [0.4, 0.5) is 0 Å². The Morgan fingerprint density at radius 1 is 0.886 bits per heavy atom. The molecule has 0 saturated carbocycles. The largest absolute Gasteiger partial charge is 0.437 e. The number of hydrogen-bond acceptors (Lipinski definition) is 3. The second-order valence-corrected chi connectivity index (χ2v) is 10.4. The van der Waals surface area contributed by atoms with Gasteiger partial charge < -0.3 is 4.42 Å². The van der Waals surface area contributed by atoms with Gasteiger partial charge >= 0.3 is 0 Å². The number of aryl methyl sites for hydroxylation is 2. The fourth-order valence-electron chi connectivity index (χ4n) is 6.29. The second-order valence-electron chi connectivity index (χ2n) is 10.4. The van der Waals surface area contributed by atoms with Crippen LogP contribution < -0.4 is 0 Å². The first kappa shape index (κ1) is 22.0. The van der Waals surface area contributed by atoms with E-state index < -0.39 is 0 Å². The summed E-state index contributed by atoms with van der Waals surface area (Å²) in [6.45, 7) is 13.3. The van der Waals surface area contributed by atoms with Crippen molar-refractivity contribution in [3.63, 3.8) is 0 Å². The molecule has 6 rings (SSSR count). The number of pyridine rings is 2. The maximum atomic E-state index is 6.59. The summed E-state index contributed by atoms with van der Waals surface area (Å²) < 4.78 is 6.59. The van der Waals surface area contributed by atoms with Gasteiger partial charge in [0.2, 0.25) is 5.71 Å². The molecule has 3 heterocycles. The summed E-state index contributed by atoms with van der Waals surface area (Å²) in [6, 6.07) is 17.7. The highest BCUT2D eigenvalue weighted by molar-refractivity contribution is 6.10. The zero-order chi connectivity index (χ0) is 24.5. The first-order chi connectivity index (χ1) is 16.9. The van der Waals surface area contributed by atoms with E-state index in [2.05, 4.69) is 90.1 Å². The van der Waals surface area contributed by atoms with Crippen LogP contribution in [0.5, 0.6) is 0 Å². The number of nitrogens with zero attached hydrogens (tertiary/aromatic N) is 2. The summed E-state index contributed by atoms with van der Waals surface area (Å²) in [5, 5.41) is 2.18. The molecule has 3 heteroatoms. The fourth-order valence-corrected chi connectivity index (χ4v) is 6.29. The highest BCUT2D eigenvalue weighted by Gasteiger charge is 2.42. The third-order valence-electron chi connectivity index (χ3n) is 8.27. The predicted octanol–water partition coefficient (Wildman–Crippen LogP) is 8.87. The molecule has 0 spiro atoms. The molecular weight excluding hydrogens is 428 g/mol. The average molecular weight is 461 g/mol. The third-order valence-corrected chi connectivity index (χ3v) is 8.27. The summed E-state index contributed by atoms with van der Waals surface area (Å²) in [5.74, 6) is 0.450. The Kier molecular flexibility index (Phi) is 4.90. The third kappa shape index (κ3) is 2.97. The lowest BCUT2D eigenvalue weighted by Crippen LogP contribution is -2.24. The number of aromatic nitrogens is 2. The second kappa shape index (κ2) is 7.78. The topological polar surface area (TPSA) is 38.9 Å². The summed E-state index contributed by atoms with van der Waals surface area (Å²) in [5.41, 5.74) is 12.4. The van der Waals surface area contributed by atoms with Gasteiger partial charge in [-0.05, 0) is 72.6 Å². The zero-order valence-electron chi connectivity index (χ0n) is 21.5. The van der Waals surface area contributed by atoms with Crippen molar-refractivity contribution < 1.29 is 4.42 Å². The van der Waals surface area contributed by atoms with Crippen molar-refractivity contribution in [2.75, 3.05) is 0 Å². The summed E-state index contributed by atoms with van der Waals surface area (Å²) in [7, 11) is 0. The van der Waals surface area contributed by atoms with Crippen LogP contribution in [0.1, 0.15) is 74.4 Å². The van der Waals surface area contributed by atoms with Crippen LogP contribution >= 0.6 is 0 Å². The summed E-state index contributed by atoms with van der Waals surface area (Å²) in [6.07, 6.45) is 4.06. The van der Waals surface area contributed by atoms with Crippen molar-refractivity contribution >= 4 is 22.1 Å². The fraction of sp³-hybridized carbons (Fsp3) is 0.312. The molecule has 0 atom stereocenters. The molecule has 0 radical (unpaired) electrons. The molecule has 5 aromatic rings. The van der Waals surface area contributed by atoms with Crippen molar-refractivity contribution in [1.29, 1.82) is 0 Å². The number of benzene rings is 2. The molecule has 35 heavy (non-hydrogen) atoms. The molecule has 3 aromatic heterocycles. The van der Waals surface area contributed by atoms with Crippen LogP contribution in [0.15, 0.2) is 59.1 Å². The standard InChI is InChI=1S/C32H32N2O/c1-7-32(8-2)26-12-10-9-11-21(26)23-16-24-22-14-13-19(5)28(29(22)35-31(24)34-30(23)32)27-15-20(6)25(17-33-27)18(3)4/h9-18H,7-8H2,1-6H3. The van der Waals surface area contributed by atoms with E-state index in [1.165, 1.54) is 27.8 Å². The van der Waals surface area contributed by atoms with E-state index in [1.54, 1.807) is 0 Å². The molecule has 2 aromatic carbocycles. The van der Waals surface area contributed by atoms with Gasteiger partial charge in [0.15, 0.2) is 0 Å². The van der Waals surface area contributed by atoms with E-state index in [9.17, 15) is 0 Å². The summed E-state index contributed by atoms with van der Waals surface area (Å²) in [4.78, 5) is 10.1. The minimum atomic E-state index is -0.0663. The lowest BCUT2D eigenvalue weighted by atomic mass is 9.76. The molecule has 1 aliphatic carbocycles. The Morgan fingerprint density at radius 2 is 1.66 bits per heavy atom. The SMILES string of the molecule is CCC1(CC)c2ccccc2-c2cc3c(nc21)oc1c(-c2cc(C)c(C(C)C)cn2)c(C)ccc13. The smallest absolute Gasteiger partial charge is 0.227 e. The van der Waals surface area contributed by atoms with Crippen LogP contribution in [-0.4, -0.2) is 9.97 Å². The molecule has 3 nitrogen and oxygen atoms in total. The lowest BCUT2D eigenvalue weighted by molar-refractivity contribution is 0.476. The first-order valence-electron chi connectivity index (χ1n) is 12.8. The van der Waals surface area contributed by atoms with Crippen LogP contribution in [-0.2, 0) is 5.41 Å². The van der Waals surface area contributed by atoms with Gasteiger partial charge in [0.25, 0.3) is 0 Å². The van der Waals surface area contributed by atoms with Crippen LogP contribution in [0.3, 0.4) is 0 Å². The molecule has 0 saturated heterocycles. The van der Waals surface area contributed by atoms with E-state index in [0.29, 0.717) is 5.92 Å².